The first-order valence-corrected chi connectivity index (χ1v) is 7.53. The lowest BCUT2D eigenvalue weighted by molar-refractivity contribution is -0.128. The van der Waals surface area contributed by atoms with Crippen LogP contribution in [0.4, 0.5) is 0 Å². The first-order chi connectivity index (χ1) is 9.19. The molecule has 1 saturated carbocycles. The third-order valence-electron chi connectivity index (χ3n) is 3.74. The fraction of sp³-hybridized carbons (Fsp3) is 0.867. The molecule has 0 spiro atoms. The van der Waals surface area contributed by atoms with Gasteiger partial charge in [-0.1, -0.05) is 6.92 Å². The summed E-state index contributed by atoms with van der Waals surface area (Å²) in [6.45, 7) is 8.30. The van der Waals surface area contributed by atoms with Gasteiger partial charge in [-0.25, -0.2) is 0 Å². The van der Waals surface area contributed by atoms with Crippen LogP contribution in [0, 0.1) is 11.8 Å². The van der Waals surface area contributed by atoms with E-state index >= 15 is 0 Å². The molecule has 1 fully saturated rings. The molecule has 4 N–H and O–H groups in total. The lowest BCUT2D eigenvalue weighted by atomic mass is 9.78. The number of hydrogen-bond donors (Lipinski definition) is 3. The Kier molecular flexibility index (Phi) is 5.99. The lowest BCUT2D eigenvalue weighted by Gasteiger charge is -2.31. The van der Waals surface area contributed by atoms with Gasteiger partial charge in [-0.05, 0) is 46.0 Å². The van der Waals surface area contributed by atoms with Crippen molar-refractivity contribution in [1.82, 2.24) is 10.6 Å². The number of nitrogens with one attached hydrogen (secondary N) is 2. The number of hydrogen-bond acceptors (Lipinski definition) is 3. The second-order valence-electron chi connectivity index (χ2n) is 7.00. The summed E-state index contributed by atoms with van der Waals surface area (Å²) < 4.78 is 0. The van der Waals surface area contributed by atoms with E-state index in [9.17, 15) is 9.59 Å². The van der Waals surface area contributed by atoms with E-state index in [2.05, 4.69) is 17.6 Å². The van der Waals surface area contributed by atoms with E-state index < -0.39 is 0 Å². The number of rotatable bonds is 4. The van der Waals surface area contributed by atoms with Crippen molar-refractivity contribution in [2.24, 2.45) is 17.6 Å². The first kappa shape index (κ1) is 17.0. The zero-order valence-electron chi connectivity index (χ0n) is 13.2. The highest BCUT2D eigenvalue weighted by atomic mass is 16.2. The van der Waals surface area contributed by atoms with E-state index in [0.717, 1.165) is 19.3 Å². The van der Waals surface area contributed by atoms with Crippen molar-refractivity contribution in [1.29, 1.82) is 0 Å². The van der Waals surface area contributed by atoms with Gasteiger partial charge in [-0.15, -0.1) is 0 Å². The Balaban J connectivity index is 2.31. The lowest BCUT2D eigenvalue weighted by Crippen LogP contribution is -2.44. The third-order valence-corrected chi connectivity index (χ3v) is 3.74. The predicted molar refractivity (Wildman–Crippen MR) is 80.0 cm³/mol. The third kappa shape index (κ3) is 5.90. The monoisotopic (exact) mass is 283 g/mol. The van der Waals surface area contributed by atoms with Gasteiger partial charge >= 0.3 is 0 Å². The maximum absolute atomic E-state index is 12.1. The Labute approximate surface area is 122 Å². The molecule has 5 heteroatoms. The van der Waals surface area contributed by atoms with Crippen LogP contribution in [0.25, 0.3) is 0 Å². The molecule has 0 radical (unpaired) electrons. The summed E-state index contributed by atoms with van der Waals surface area (Å²) >= 11 is 0. The molecular weight excluding hydrogens is 254 g/mol. The predicted octanol–water partition coefficient (Wildman–Crippen LogP) is 1.17. The SMILES string of the molecule is CC1CCC(N)CC1C(=O)NCCC(=O)NC(C)(C)C. The van der Waals surface area contributed by atoms with Gasteiger partial charge in [0.15, 0.2) is 0 Å². The summed E-state index contributed by atoms with van der Waals surface area (Å²) in [6.07, 6.45) is 3.07. The fourth-order valence-electron chi connectivity index (χ4n) is 2.63. The van der Waals surface area contributed by atoms with E-state index in [1.165, 1.54) is 0 Å². The van der Waals surface area contributed by atoms with Gasteiger partial charge in [0, 0.05) is 30.5 Å². The van der Waals surface area contributed by atoms with Gasteiger partial charge in [0.05, 0.1) is 0 Å². The van der Waals surface area contributed by atoms with Crippen molar-refractivity contribution in [2.45, 2.75) is 65.0 Å². The van der Waals surface area contributed by atoms with Crippen LogP contribution in [0.3, 0.4) is 0 Å². The van der Waals surface area contributed by atoms with E-state index in [4.69, 9.17) is 5.73 Å². The normalized spacial score (nSPS) is 26.9. The Morgan fingerprint density at radius 2 is 1.90 bits per heavy atom. The summed E-state index contributed by atoms with van der Waals surface area (Å²) in [5.74, 6) is 0.366. The van der Waals surface area contributed by atoms with Crippen molar-refractivity contribution in [2.75, 3.05) is 6.54 Å². The van der Waals surface area contributed by atoms with E-state index in [-0.39, 0.29) is 29.3 Å². The molecule has 0 aromatic carbocycles. The van der Waals surface area contributed by atoms with Crippen LogP contribution in [-0.4, -0.2) is 29.9 Å². The minimum absolute atomic E-state index is 0.00979. The van der Waals surface area contributed by atoms with Gasteiger partial charge in [0.1, 0.15) is 0 Å². The molecule has 0 bridgehead atoms. The Hall–Kier alpha value is -1.10. The van der Waals surface area contributed by atoms with Crippen molar-refractivity contribution in [3.8, 4) is 0 Å². The smallest absolute Gasteiger partial charge is 0.223 e. The molecule has 0 heterocycles. The second kappa shape index (κ2) is 7.07. The standard InChI is InChI=1S/C15H29N3O2/c1-10-5-6-11(16)9-12(10)14(20)17-8-7-13(19)18-15(2,3)4/h10-12H,5-9,16H2,1-4H3,(H,17,20)(H,18,19). The van der Waals surface area contributed by atoms with Gasteiger partial charge in [-0.2, -0.15) is 0 Å². The second-order valence-corrected chi connectivity index (χ2v) is 7.00. The molecule has 1 aliphatic rings. The molecule has 2 amide bonds. The van der Waals surface area contributed by atoms with E-state index in [0.29, 0.717) is 18.9 Å². The number of nitrogens with two attached hydrogens (primary N) is 1. The zero-order valence-corrected chi connectivity index (χ0v) is 13.2. The van der Waals surface area contributed by atoms with E-state index in [1.807, 2.05) is 20.8 Å². The molecule has 0 aliphatic heterocycles. The molecule has 1 rings (SSSR count). The highest BCUT2D eigenvalue weighted by Crippen LogP contribution is 2.29. The number of carbonyl (C=O) groups is 2. The molecule has 3 atom stereocenters. The maximum Gasteiger partial charge on any atom is 0.223 e. The van der Waals surface area contributed by atoms with Crippen molar-refractivity contribution in [3.05, 3.63) is 0 Å². The minimum Gasteiger partial charge on any atom is -0.355 e. The molecule has 5 nitrogen and oxygen atoms in total. The largest absolute Gasteiger partial charge is 0.355 e. The van der Waals surface area contributed by atoms with Crippen molar-refractivity contribution >= 4 is 11.8 Å². The van der Waals surface area contributed by atoms with Crippen LogP contribution in [0.15, 0.2) is 0 Å². The molecule has 20 heavy (non-hydrogen) atoms. The van der Waals surface area contributed by atoms with Crippen LogP contribution in [-0.2, 0) is 9.59 Å². The van der Waals surface area contributed by atoms with Gasteiger partial charge in [0.2, 0.25) is 11.8 Å². The quantitative estimate of drug-likeness (QED) is 0.724. The summed E-state index contributed by atoms with van der Waals surface area (Å²) in [5.41, 5.74) is 5.70. The molecular formula is C15H29N3O2. The van der Waals surface area contributed by atoms with E-state index in [1.54, 1.807) is 0 Å². The zero-order chi connectivity index (χ0) is 15.3. The minimum atomic E-state index is -0.230. The fourth-order valence-corrected chi connectivity index (χ4v) is 2.63. The average molecular weight is 283 g/mol. The summed E-state index contributed by atoms with van der Waals surface area (Å²) in [6, 6.07) is 0.131. The Bertz CT molecular complexity index is 350. The Morgan fingerprint density at radius 1 is 1.25 bits per heavy atom. The summed E-state index contributed by atoms with van der Waals surface area (Å²) in [5, 5.41) is 5.74. The Morgan fingerprint density at radius 3 is 2.50 bits per heavy atom. The number of carbonyl (C=O) groups excluding carboxylic acids is 2. The summed E-state index contributed by atoms with van der Waals surface area (Å²) in [7, 11) is 0. The molecule has 0 aromatic rings. The van der Waals surface area contributed by atoms with Crippen LogP contribution in [0.2, 0.25) is 0 Å². The van der Waals surface area contributed by atoms with Gasteiger partial charge < -0.3 is 16.4 Å². The van der Waals surface area contributed by atoms with Crippen LogP contribution < -0.4 is 16.4 Å². The maximum atomic E-state index is 12.1. The van der Waals surface area contributed by atoms with Gasteiger partial charge in [0.25, 0.3) is 0 Å². The van der Waals surface area contributed by atoms with Gasteiger partial charge in [-0.3, -0.25) is 9.59 Å². The topological polar surface area (TPSA) is 84.2 Å². The molecule has 116 valence electrons. The molecule has 0 saturated heterocycles. The van der Waals surface area contributed by atoms with Crippen LogP contribution in [0.1, 0.15) is 53.4 Å². The highest BCUT2D eigenvalue weighted by Gasteiger charge is 2.31. The van der Waals surface area contributed by atoms with Crippen molar-refractivity contribution in [3.63, 3.8) is 0 Å². The van der Waals surface area contributed by atoms with Crippen LogP contribution >= 0.6 is 0 Å². The molecule has 1 aliphatic carbocycles. The number of amides is 2. The average Bonchev–Trinajstić information content (AvgIpc) is 2.29. The van der Waals surface area contributed by atoms with Crippen LogP contribution in [0.5, 0.6) is 0 Å². The first-order valence-electron chi connectivity index (χ1n) is 7.53. The van der Waals surface area contributed by atoms with Crippen molar-refractivity contribution < 1.29 is 9.59 Å². The highest BCUT2D eigenvalue weighted by molar-refractivity contribution is 5.81. The molecule has 3 unspecified atom stereocenters. The molecule has 0 aromatic heterocycles. The summed E-state index contributed by atoms with van der Waals surface area (Å²) in [4.78, 5) is 23.8.